The first-order valence-corrected chi connectivity index (χ1v) is 7.79. The molecule has 3 rings (SSSR count). The molecule has 1 aliphatic rings. The molecule has 0 bridgehead atoms. The lowest BCUT2D eigenvalue weighted by Crippen LogP contribution is -2.27. The molecule has 0 amide bonds. The van der Waals surface area contributed by atoms with Gasteiger partial charge in [-0.2, -0.15) is 0 Å². The van der Waals surface area contributed by atoms with Gasteiger partial charge < -0.3 is 15.4 Å². The van der Waals surface area contributed by atoms with Crippen molar-refractivity contribution >= 4 is 34.3 Å². The van der Waals surface area contributed by atoms with Gasteiger partial charge in [0.1, 0.15) is 11.4 Å². The third kappa shape index (κ3) is 2.81. The summed E-state index contributed by atoms with van der Waals surface area (Å²) in [5.74, 6) is -0.949. The molecule has 5 nitrogen and oxygen atoms in total. The average molecular weight is 321 g/mol. The van der Waals surface area contributed by atoms with Crippen LogP contribution in [0.4, 0.5) is 5.82 Å². The Bertz CT molecular complexity index is 779. The number of fused-ring (bicyclic) bond motifs is 1. The molecule has 0 aliphatic heterocycles. The van der Waals surface area contributed by atoms with Crippen molar-refractivity contribution in [2.24, 2.45) is 0 Å². The van der Waals surface area contributed by atoms with Gasteiger partial charge in [0, 0.05) is 16.5 Å². The van der Waals surface area contributed by atoms with Crippen molar-refractivity contribution in [2.75, 3.05) is 5.32 Å². The maximum Gasteiger partial charge on any atom is 0.343 e. The van der Waals surface area contributed by atoms with E-state index in [4.69, 9.17) is 11.6 Å². The Kier molecular flexibility index (Phi) is 4.07. The van der Waals surface area contributed by atoms with Crippen molar-refractivity contribution in [1.29, 1.82) is 0 Å². The summed E-state index contributed by atoms with van der Waals surface area (Å²) in [5.41, 5.74) is -0.183. The summed E-state index contributed by atoms with van der Waals surface area (Å²) >= 11 is 5.96. The quantitative estimate of drug-likeness (QED) is 0.806. The summed E-state index contributed by atoms with van der Waals surface area (Å²) in [6.45, 7) is 0. The molecule has 0 saturated heterocycles. The number of halogens is 1. The van der Waals surface area contributed by atoms with Gasteiger partial charge in [-0.3, -0.25) is 4.79 Å². The van der Waals surface area contributed by atoms with Gasteiger partial charge in [0.2, 0.25) is 5.43 Å². The number of anilines is 1. The van der Waals surface area contributed by atoms with E-state index >= 15 is 0 Å². The number of H-pyrrole nitrogens is 1. The van der Waals surface area contributed by atoms with Gasteiger partial charge >= 0.3 is 5.97 Å². The molecule has 2 aromatic rings. The second kappa shape index (κ2) is 6.01. The largest absolute Gasteiger partial charge is 0.477 e. The summed E-state index contributed by atoms with van der Waals surface area (Å²) in [6, 6.07) is 4.96. The van der Waals surface area contributed by atoms with E-state index in [1.165, 1.54) is 6.42 Å². The monoisotopic (exact) mass is 320 g/mol. The second-order valence-electron chi connectivity index (χ2n) is 5.68. The molecule has 22 heavy (non-hydrogen) atoms. The molecule has 1 saturated carbocycles. The summed E-state index contributed by atoms with van der Waals surface area (Å²) in [4.78, 5) is 27.0. The van der Waals surface area contributed by atoms with E-state index in [0.29, 0.717) is 15.9 Å². The first kappa shape index (κ1) is 14.9. The Morgan fingerprint density at radius 1 is 1.27 bits per heavy atom. The average Bonchev–Trinajstić information content (AvgIpc) is 2.47. The molecule has 1 heterocycles. The molecule has 0 radical (unpaired) electrons. The van der Waals surface area contributed by atoms with Gasteiger partial charge in [0.25, 0.3) is 0 Å². The van der Waals surface area contributed by atoms with Crippen LogP contribution in [-0.4, -0.2) is 22.1 Å². The highest BCUT2D eigenvalue weighted by molar-refractivity contribution is 6.31. The topological polar surface area (TPSA) is 82.2 Å². The molecular formula is C16H17ClN2O3. The number of aromatic carboxylic acids is 1. The lowest BCUT2D eigenvalue weighted by Gasteiger charge is -2.24. The fourth-order valence-electron chi connectivity index (χ4n) is 3.03. The fourth-order valence-corrected chi connectivity index (χ4v) is 3.20. The van der Waals surface area contributed by atoms with Crippen LogP contribution in [0.3, 0.4) is 0 Å². The Balaban J connectivity index is 2.11. The standard InChI is InChI=1S/C16H17ClN2O3/c17-9-6-7-11-12(8-9)19-15(13(14(11)20)16(21)22)18-10-4-2-1-3-5-10/h6-8,10H,1-5H2,(H,21,22)(H2,18,19,20). The summed E-state index contributed by atoms with van der Waals surface area (Å²) in [6.07, 6.45) is 5.39. The molecule has 6 heteroatoms. The van der Waals surface area contributed by atoms with Gasteiger partial charge in [-0.05, 0) is 31.0 Å². The van der Waals surface area contributed by atoms with E-state index in [1.54, 1.807) is 18.2 Å². The minimum atomic E-state index is -1.23. The van der Waals surface area contributed by atoms with Gasteiger partial charge in [-0.15, -0.1) is 0 Å². The molecule has 116 valence electrons. The van der Waals surface area contributed by atoms with Crippen LogP contribution in [0.25, 0.3) is 10.9 Å². The molecule has 0 spiro atoms. The Morgan fingerprint density at radius 2 is 2.00 bits per heavy atom. The van der Waals surface area contributed by atoms with Crippen molar-refractivity contribution in [3.8, 4) is 0 Å². The van der Waals surface area contributed by atoms with Gasteiger partial charge in [0.15, 0.2) is 0 Å². The number of rotatable bonds is 3. The van der Waals surface area contributed by atoms with E-state index < -0.39 is 11.4 Å². The maximum absolute atomic E-state index is 12.5. The van der Waals surface area contributed by atoms with Crippen LogP contribution in [0.5, 0.6) is 0 Å². The first-order chi connectivity index (χ1) is 10.6. The molecule has 0 unspecified atom stereocenters. The van der Waals surface area contributed by atoms with Crippen molar-refractivity contribution in [3.63, 3.8) is 0 Å². The van der Waals surface area contributed by atoms with Crippen molar-refractivity contribution in [1.82, 2.24) is 4.98 Å². The number of hydrogen-bond donors (Lipinski definition) is 3. The molecule has 1 aliphatic carbocycles. The van der Waals surface area contributed by atoms with Crippen LogP contribution in [0, 0.1) is 0 Å². The number of carboxylic acid groups (broad SMARTS) is 1. The zero-order valence-corrected chi connectivity index (χ0v) is 12.7. The Labute approximate surface area is 132 Å². The predicted octanol–water partition coefficient (Wildman–Crippen LogP) is 3.62. The van der Waals surface area contributed by atoms with Crippen LogP contribution in [-0.2, 0) is 0 Å². The maximum atomic E-state index is 12.5. The van der Waals surface area contributed by atoms with Crippen molar-refractivity contribution in [3.05, 3.63) is 39.0 Å². The highest BCUT2D eigenvalue weighted by Crippen LogP contribution is 2.24. The van der Waals surface area contributed by atoms with Gasteiger partial charge in [0.05, 0.1) is 5.52 Å². The zero-order valence-electron chi connectivity index (χ0n) is 12.0. The number of carbonyl (C=O) groups is 1. The second-order valence-corrected chi connectivity index (χ2v) is 6.11. The number of nitrogens with one attached hydrogen (secondary N) is 2. The Morgan fingerprint density at radius 3 is 2.68 bits per heavy atom. The Hall–Kier alpha value is -2.01. The normalized spacial score (nSPS) is 15.9. The molecule has 1 aromatic heterocycles. The van der Waals surface area contributed by atoms with Crippen LogP contribution in [0.15, 0.2) is 23.0 Å². The van der Waals surface area contributed by atoms with Gasteiger partial charge in [-0.25, -0.2) is 4.79 Å². The smallest absolute Gasteiger partial charge is 0.343 e. The molecule has 1 fully saturated rings. The highest BCUT2D eigenvalue weighted by Gasteiger charge is 2.21. The first-order valence-electron chi connectivity index (χ1n) is 7.41. The van der Waals surface area contributed by atoms with E-state index in [0.717, 1.165) is 25.7 Å². The van der Waals surface area contributed by atoms with Crippen LogP contribution >= 0.6 is 11.6 Å². The van der Waals surface area contributed by atoms with Crippen LogP contribution < -0.4 is 10.7 Å². The highest BCUT2D eigenvalue weighted by atomic mass is 35.5. The number of aromatic amines is 1. The minimum absolute atomic E-state index is 0.194. The number of aromatic nitrogens is 1. The lowest BCUT2D eigenvalue weighted by atomic mass is 9.95. The lowest BCUT2D eigenvalue weighted by molar-refractivity contribution is 0.0696. The van der Waals surface area contributed by atoms with E-state index in [1.807, 2.05) is 0 Å². The predicted molar refractivity (Wildman–Crippen MR) is 87.0 cm³/mol. The van der Waals surface area contributed by atoms with Gasteiger partial charge in [-0.1, -0.05) is 30.9 Å². The van der Waals surface area contributed by atoms with Crippen LogP contribution in [0.2, 0.25) is 5.02 Å². The van der Waals surface area contributed by atoms with E-state index in [2.05, 4.69) is 10.3 Å². The summed E-state index contributed by atoms with van der Waals surface area (Å²) in [5, 5.41) is 13.4. The molecule has 3 N–H and O–H groups in total. The fraction of sp³-hybridized carbons (Fsp3) is 0.375. The summed E-state index contributed by atoms with van der Waals surface area (Å²) < 4.78 is 0. The molecular weight excluding hydrogens is 304 g/mol. The third-order valence-electron chi connectivity index (χ3n) is 4.13. The number of benzene rings is 1. The number of hydrogen-bond acceptors (Lipinski definition) is 3. The van der Waals surface area contributed by atoms with Crippen molar-refractivity contribution in [2.45, 2.75) is 38.1 Å². The molecule has 0 atom stereocenters. The summed E-state index contributed by atoms with van der Waals surface area (Å²) in [7, 11) is 0. The van der Waals surface area contributed by atoms with Crippen LogP contribution in [0.1, 0.15) is 42.5 Å². The SMILES string of the molecule is O=C(O)c1c(NC2CCCCC2)[nH]c2cc(Cl)ccc2c1=O. The van der Waals surface area contributed by atoms with Crippen molar-refractivity contribution < 1.29 is 9.90 Å². The number of pyridine rings is 1. The zero-order chi connectivity index (χ0) is 15.7. The number of carboxylic acids is 1. The minimum Gasteiger partial charge on any atom is -0.477 e. The van der Waals surface area contributed by atoms with E-state index in [9.17, 15) is 14.7 Å². The van der Waals surface area contributed by atoms with E-state index in [-0.39, 0.29) is 17.4 Å². The third-order valence-corrected chi connectivity index (χ3v) is 4.37. The molecule has 1 aromatic carbocycles.